The summed E-state index contributed by atoms with van der Waals surface area (Å²) in [5.74, 6) is -1.21. The van der Waals surface area contributed by atoms with Gasteiger partial charge < -0.3 is 10.2 Å². The van der Waals surface area contributed by atoms with E-state index in [1.165, 1.54) is 0 Å². The van der Waals surface area contributed by atoms with Crippen molar-refractivity contribution in [3.8, 4) is 0 Å². The van der Waals surface area contributed by atoms with E-state index in [0.717, 1.165) is 16.7 Å². The van der Waals surface area contributed by atoms with Crippen LogP contribution in [0.5, 0.6) is 0 Å². The molecule has 0 fully saturated rings. The summed E-state index contributed by atoms with van der Waals surface area (Å²) in [6.07, 6.45) is -1.42. The van der Waals surface area contributed by atoms with E-state index in [4.69, 9.17) is 5.11 Å². The Bertz CT molecular complexity index is 369. The summed E-state index contributed by atoms with van der Waals surface area (Å²) in [6.45, 7) is 5.60. The second-order valence-corrected chi connectivity index (χ2v) is 3.54. The van der Waals surface area contributed by atoms with Crippen molar-refractivity contribution >= 4 is 5.97 Å². The van der Waals surface area contributed by atoms with Crippen molar-refractivity contribution in [1.82, 2.24) is 0 Å². The molecule has 14 heavy (non-hydrogen) atoms. The van der Waals surface area contributed by atoms with Gasteiger partial charge in [0.25, 0.3) is 0 Å². The maximum atomic E-state index is 10.6. The highest BCUT2D eigenvalue weighted by Gasteiger charge is 2.18. The van der Waals surface area contributed by atoms with Crippen molar-refractivity contribution in [2.24, 2.45) is 0 Å². The van der Waals surface area contributed by atoms with E-state index >= 15 is 0 Å². The van der Waals surface area contributed by atoms with Crippen molar-refractivity contribution in [3.05, 3.63) is 34.4 Å². The summed E-state index contributed by atoms with van der Waals surface area (Å²) < 4.78 is 0. The third-order valence-corrected chi connectivity index (χ3v) is 2.38. The molecule has 0 aromatic heterocycles. The van der Waals surface area contributed by atoms with Crippen molar-refractivity contribution in [3.63, 3.8) is 0 Å². The van der Waals surface area contributed by atoms with Crippen LogP contribution in [-0.2, 0) is 4.79 Å². The number of aryl methyl sites for hydroxylation is 2. The topological polar surface area (TPSA) is 57.5 Å². The zero-order chi connectivity index (χ0) is 10.9. The first-order valence-corrected chi connectivity index (χ1v) is 4.42. The summed E-state index contributed by atoms with van der Waals surface area (Å²) in [4.78, 5) is 10.6. The standard InChI is InChI=1S/C11H14O3/c1-6-4-7(2)8(3)9(5-6)10(12)11(13)14/h4-5,10,12H,1-3H3,(H,13,14). The molecular weight excluding hydrogens is 180 g/mol. The van der Waals surface area contributed by atoms with Crippen molar-refractivity contribution in [1.29, 1.82) is 0 Å². The Morgan fingerprint density at radius 1 is 1.29 bits per heavy atom. The fourth-order valence-electron chi connectivity index (χ4n) is 1.49. The van der Waals surface area contributed by atoms with Gasteiger partial charge in [0.05, 0.1) is 0 Å². The molecule has 0 aliphatic carbocycles. The van der Waals surface area contributed by atoms with Gasteiger partial charge in [-0.15, -0.1) is 0 Å². The van der Waals surface area contributed by atoms with Gasteiger partial charge in [0, 0.05) is 0 Å². The molecular formula is C11H14O3. The number of hydrogen-bond acceptors (Lipinski definition) is 2. The van der Waals surface area contributed by atoms with Gasteiger partial charge in [0.1, 0.15) is 0 Å². The minimum Gasteiger partial charge on any atom is -0.479 e. The minimum atomic E-state index is -1.42. The van der Waals surface area contributed by atoms with Gasteiger partial charge in [-0.25, -0.2) is 4.79 Å². The SMILES string of the molecule is Cc1cc(C)c(C)c(C(O)C(=O)O)c1. The molecule has 76 valence electrons. The molecule has 1 rings (SSSR count). The lowest BCUT2D eigenvalue weighted by Gasteiger charge is -2.12. The van der Waals surface area contributed by atoms with Crippen LogP contribution in [0.2, 0.25) is 0 Å². The van der Waals surface area contributed by atoms with Gasteiger partial charge in [-0.05, 0) is 37.5 Å². The molecule has 3 nitrogen and oxygen atoms in total. The lowest BCUT2D eigenvalue weighted by atomic mass is 9.96. The molecule has 0 amide bonds. The van der Waals surface area contributed by atoms with Gasteiger partial charge in [-0.1, -0.05) is 17.7 Å². The first-order valence-electron chi connectivity index (χ1n) is 4.42. The molecule has 3 heteroatoms. The highest BCUT2D eigenvalue weighted by atomic mass is 16.4. The lowest BCUT2D eigenvalue weighted by Crippen LogP contribution is -2.12. The third kappa shape index (κ3) is 1.93. The van der Waals surface area contributed by atoms with Crippen LogP contribution in [0, 0.1) is 20.8 Å². The molecule has 0 saturated carbocycles. The fraction of sp³-hybridized carbons (Fsp3) is 0.364. The number of carboxylic acids is 1. The first-order chi connectivity index (χ1) is 6.43. The molecule has 0 aliphatic heterocycles. The maximum absolute atomic E-state index is 10.6. The predicted octanol–water partition coefficient (Wildman–Crippen LogP) is 1.73. The number of carbonyl (C=O) groups is 1. The first kappa shape index (κ1) is 10.7. The Morgan fingerprint density at radius 3 is 2.36 bits per heavy atom. The van der Waals surface area contributed by atoms with Crippen LogP contribution >= 0.6 is 0 Å². The molecule has 1 unspecified atom stereocenters. The predicted molar refractivity (Wildman–Crippen MR) is 53.2 cm³/mol. The quantitative estimate of drug-likeness (QED) is 0.753. The zero-order valence-electron chi connectivity index (χ0n) is 8.53. The average molecular weight is 194 g/mol. The molecule has 1 aromatic carbocycles. The molecule has 2 N–H and O–H groups in total. The Hall–Kier alpha value is -1.35. The Labute approximate surface area is 83.0 Å². The van der Waals surface area contributed by atoms with Crippen LogP contribution < -0.4 is 0 Å². The van der Waals surface area contributed by atoms with Crippen LogP contribution in [0.1, 0.15) is 28.4 Å². The summed E-state index contributed by atoms with van der Waals surface area (Å²) >= 11 is 0. The zero-order valence-corrected chi connectivity index (χ0v) is 8.53. The Kier molecular flexibility index (Phi) is 2.91. The number of carboxylic acid groups (broad SMARTS) is 1. The van der Waals surface area contributed by atoms with Gasteiger partial charge in [0.2, 0.25) is 0 Å². The van der Waals surface area contributed by atoms with Crippen LogP contribution in [-0.4, -0.2) is 16.2 Å². The van der Waals surface area contributed by atoms with E-state index in [9.17, 15) is 9.90 Å². The van der Waals surface area contributed by atoms with E-state index in [1.54, 1.807) is 6.07 Å². The molecule has 0 heterocycles. The Morgan fingerprint density at radius 2 is 1.86 bits per heavy atom. The monoisotopic (exact) mass is 194 g/mol. The molecule has 0 radical (unpaired) electrons. The molecule has 0 aliphatic rings. The second-order valence-electron chi connectivity index (χ2n) is 3.54. The number of rotatable bonds is 2. The van der Waals surface area contributed by atoms with E-state index in [-0.39, 0.29) is 0 Å². The van der Waals surface area contributed by atoms with Gasteiger partial charge in [-0.2, -0.15) is 0 Å². The number of benzene rings is 1. The number of aliphatic carboxylic acids is 1. The number of hydrogen-bond donors (Lipinski definition) is 2. The van der Waals surface area contributed by atoms with Gasteiger partial charge in [-0.3, -0.25) is 0 Å². The minimum absolute atomic E-state index is 0.481. The lowest BCUT2D eigenvalue weighted by molar-refractivity contribution is -0.147. The summed E-state index contributed by atoms with van der Waals surface area (Å²) in [7, 11) is 0. The van der Waals surface area contributed by atoms with Gasteiger partial charge in [0.15, 0.2) is 6.10 Å². The molecule has 1 aromatic rings. The van der Waals surface area contributed by atoms with Crippen molar-refractivity contribution in [2.45, 2.75) is 26.9 Å². The normalized spacial score (nSPS) is 12.6. The highest BCUT2D eigenvalue weighted by Crippen LogP contribution is 2.22. The van der Waals surface area contributed by atoms with Crippen LogP contribution in [0.4, 0.5) is 0 Å². The largest absolute Gasteiger partial charge is 0.479 e. The summed E-state index contributed by atoms with van der Waals surface area (Å²) in [5.41, 5.74) is 3.28. The third-order valence-electron chi connectivity index (χ3n) is 2.38. The van der Waals surface area contributed by atoms with Crippen LogP contribution in [0.3, 0.4) is 0 Å². The van der Waals surface area contributed by atoms with E-state index < -0.39 is 12.1 Å². The van der Waals surface area contributed by atoms with Crippen LogP contribution in [0.15, 0.2) is 12.1 Å². The average Bonchev–Trinajstić information content (AvgIpc) is 2.09. The van der Waals surface area contributed by atoms with Gasteiger partial charge >= 0.3 is 5.97 Å². The summed E-state index contributed by atoms with van der Waals surface area (Å²) in [5, 5.41) is 18.1. The molecule has 1 atom stereocenters. The van der Waals surface area contributed by atoms with E-state index in [0.29, 0.717) is 5.56 Å². The maximum Gasteiger partial charge on any atom is 0.337 e. The molecule has 0 bridgehead atoms. The Balaban J connectivity index is 3.26. The molecule has 0 saturated heterocycles. The van der Waals surface area contributed by atoms with Crippen molar-refractivity contribution < 1.29 is 15.0 Å². The highest BCUT2D eigenvalue weighted by molar-refractivity contribution is 5.74. The fourth-order valence-corrected chi connectivity index (χ4v) is 1.49. The second kappa shape index (κ2) is 3.80. The van der Waals surface area contributed by atoms with E-state index in [1.807, 2.05) is 26.8 Å². The smallest absolute Gasteiger partial charge is 0.337 e. The van der Waals surface area contributed by atoms with Crippen LogP contribution in [0.25, 0.3) is 0 Å². The molecule has 0 spiro atoms. The van der Waals surface area contributed by atoms with E-state index in [2.05, 4.69) is 0 Å². The number of aliphatic hydroxyl groups is 1. The number of aliphatic hydroxyl groups excluding tert-OH is 1. The van der Waals surface area contributed by atoms with Crippen molar-refractivity contribution in [2.75, 3.05) is 0 Å². The summed E-state index contributed by atoms with van der Waals surface area (Å²) in [6, 6.07) is 3.68.